The van der Waals surface area contributed by atoms with Gasteiger partial charge in [-0.3, -0.25) is 0 Å². The van der Waals surface area contributed by atoms with Crippen molar-refractivity contribution < 1.29 is 17.9 Å². The average molecular weight is 347 g/mol. The van der Waals surface area contributed by atoms with Crippen LogP contribution in [0.1, 0.15) is 6.42 Å². The van der Waals surface area contributed by atoms with E-state index in [4.69, 9.17) is 16.3 Å². The fourth-order valence-electron chi connectivity index (χ4n) is 2.23. The van der Waals surface area contributed by atoms with Gasteiger partial charge in [-0.25, -0.2) is 13.2 Å². The molecule has 8 heteroatoms. The Bertz CT molecular complexity index is 618. The number of sulfone groups is 1. The lowest BCUT2D eigenvalue weighted by atomic mass is 10.2. The van der Waals surface area contributed by atoms with Crippen LogP contribution < -0.4 is 10.1 Å². The van der Waals surface area contributed by atoms with Crippen molar-refractivity contribution in [1.82, 2.24) is 10.2 Å². The molecule has 2 rings (SSSR count). The van der Waals surface area contributed by atoms with Gasteiger partial charge in [-0.1, -0.05) is 11.6 Å². The molecule has 1 aromatic carbocycles. The third kappa shape index (κ3) is 4.78. The largest absolute Gasteiger partial charge is 0.492 e. The number of hydrogen-bond acceptors (Lipinski definition) is 4. The quantitative estimate of drug-likeness (QED) is 0.821. The first-order chi connectivity index (χ1) is 10.4. The molecule has 1 atom stereocenters. The van der Waals surface area contributed by atoms with E-state index < -0.39 is 9.84 Å². The number of nitrogens with one attached hydrogen (secondary N) is 1. The van der Waals surface area contributed by atoms with E-state index in [-0.39, 0.29) is 23.6 Å². The number of benzene rings is 1. The molecule has 1 heterocycles. The third-order valence-corrected chi connectivity index (χ3v) is 5.54. The van der Waals surface area contributed by atoms with E-state index in [2.05, 4.69) is 5.32 Å². The standard InChI is InChI=1S/C14H19ClN2O4S/c1-17(12-6-9-22(19,20)10-12)14(18)16-7-8-21-13-4-2-11(15)3-5-13/h2-5,12H,6-10H2,1H3,(H,16,18). The number of carbonyl (C=O) groups excluding carboxylic acids is 1. The highest BCUT2D eigenvalue weighted by molar-refractivity contribution is 7.91. The average Bonchev–Trinajstić information content (AvgIpc) is 2.84. The van der Waals surface area contributed by atoms with E-state index >= 15 is 0 Å². The molecular formula is C14H19ClN2O4S. The lowest BCUT2D eigenvalue weighted by molar-refractivity contribution is 0.192. The van der Waals surface area contributed by atoms with Gasteiger partial charge in [0, 0.05) is 18.1 Å². The summed E-state index contributed by atoms with van der Waals surface area (Å²) in [6, 6.07) is 6.41. The molecule has 0 saturated carbocycles. The molecule has 6 nitrogen and oxygen atoms in total. The van der Waals surface area contributed by atoms with Gasteiger partial charge < -0.3 is 15.0 Å². The van der Waals surface area contributed by atoms with Crippen LogP contribution in [0, 0.1) is 0 Å². The minimum atomic E-state index is -3.00. The van der Waals surface area contributed by atoms with Crippen LogP contribution >= 0.6 is 11.6 Å². The van der Waals surface area contributed by atoms with Crippen LogP contribution in [0.4, 0.5) is 4.79 Å². The number of ether oxygens (including phenoxy) is 1. The molecule has 0 aliphatic carbocycles. The first-order valence-electron chi connectivity index (χ1n) is 6.97. The van der Waals surface area contributed by atoms with Crippen molar-refractivity contribution in [2.75, 3.05) is 31.7 Å². The van der Waals surface area contributed by atoms with Crippen molar-refractivity contribution in [2.45, 2.75) is 12.5 Å². The third-order valence-electron chi connectivity index (χ3n) is 3.54. The Labute approximate surface area is 135 Å². The van der Waals surface area contributed by atoms with E-state index in [1.165, 1.54) is 4.90 Å². The topological polar surface area (TPSA) is 75.7 Å². The van der Waals surface area contributed by atoms with E-state index in [1.54, 1.807) is 31.3 Å². The molecule has 1 aliphatic rings. The number of hydrogen-bond donors (Lipinski definition) is 1. The Morgan fingerprint density at radius 2 is 2.09 bits per heavy atom. The van der Waals surface area contributed by atoms with Crippen LogP contribution in [-0.2, 0) is 9.84 Å². The molecule has 122 valence electrons. The molecule has 0 bridgehead atoms. The molecule has 0 spiro atoms. The van der Waals surface area contributed by atoms with Crippen LogP contribution in [0.5, 0.6) is 5.75 Å². The Kier molecular flexibility index (Phi) is 5.52. The molecule has 1 saturated heterocycles. The van der Waals surface area contributed by atoms with Gasteiger partial charge in [0.05, 0.1) is 18.1 Å². The Morgan fingerprint density at radius 1 is 1.41 bits per heavy atom. The maximum Gasteiger partial charge on any atom is 0.317 e. The fourth-order valence-corrected chi connectivity index (χ4v) is 4.13. The summed E-state index contributed by atoms with van der Waals surface area (Å²) in [5.41, 5.74) is 0. The molecule has 1 N–H and O–H groups in total. The number of urea groups is 1. The van der Waals surface area contributed by atoms with Gasteiger partial charge in [-0.15, -0.1) is 0 Å². The van der Waals surface area contributed by atoms with Gasteiger partial charge in [-0.2, -0.15) is 0 Å². The molecular weight excluding hydrogens is 328 g/mol. The summed E-state index contributed by atoms with van der Waals surface area (Å²) in [5.74, 6) is 0.863. The monoisotopic (exact) mass is 346 g/mol. The van der Waals surface area contributed by atoms with Crippen molar-refractivity contribution in [3.8, 4) is 5.75 Å². The van der Waals surface area contributed by atoms with E-state index in [0.717, 1.165) is 0 Å². The van der Waals surface area contributed by atoms with Gasteiger partial charge in [0.2, 0.25) is 0 Å². The summed E-state index contributed by atoms with van der Waals surface area (Å²) < 4.78 is 28.3. The Morgan fingerprint density at radius 3 is 2.68 bits per heavy atom. The van der Waals surface area contributed by atoms with Crippen LogP contribution in [0.3, 0.4) is 0 Å². The van der Waals surface area contributed by atoms with Crippen LogP contribution in [0.2, 0.25) is 5.02 Å². The SMILES string of the molecule is CN(C(=O)NCCOc1ccc(Cl)cc1)C1CCS(=O)(=O)C1. The van der Waals surface area contributed by atoms with Crippen molar-refractivity contribution in [3.05, 3.63) is 29.3 Å². The van der Waals surface area contributed by atoms with Gasteiger partial charge in [0.25, 0.3) is 0 Å². The zero-order chi connectivity index (χ0) is 16.2. The van der Waals surface area contributed by atoms with Gasteiger partial charge in [0.15, 0.2) is 9.84 Å². The smallest absolute Gasteiger partial charge is 0.317 e. The van der Waals surface area contributed by atoms with Gasteiger partial charge in [0.1, 0.15) is 12.4 Å². The van der Waals surface area contributed by atoms with Gasteiger partial charge in [-0.05, 0) is 30.7 Å². The summed E-state index contributed by atoms with van der Waals surface area (Å²) in [5, 5.41) is 3.34. The zero-order valence-corrected chi connectivity index (χ0v) is 13.9. The minimum Gasteiger partial charge on any atom is -0.492 e. The second-order valence-electron chi connectivity index (χ2n) is 5.20. The minimum absolute atomic E-state index is 0.0399. The first-order valence-corrected chi connectivity index (χ1v) is 9.17. The normalized spacial score (nSPS) is 19.6. The molecule has 0 radical (unpaired) electrons. The first kappa shape index (κ1) is 16.9. The molecule has 1 aromatic rings. The van der Waals surface area contributed by atoms with Crippen LogP contribution in [0.15, 0.2) is 24.3 Å². The lowest BCUT2D eigenvalue weighted by Crippen LogP contribution is -2.45. The Balaban J connectivity index is 1.70. The van der Waals surface area contributed by atoms with E-state index in [9.17, 15) is 13.2 Å². The predicted molar refractivity (Wildman–Crippen MR) is 85.2 cm³/mol. The molecule has 2 amide bonds. The summed E-state index contributed by atoms with van der Waals surface area (Å²) in [6.07, 6.45) is 0.494. The van der Waals surface area contributed by atoms with Crippen LogP contribution in [0.25, 0.3) is 0 Å². The Hall–Kier alpha value is -1.47. The summed E-state index contributed by atoms with van der Waals surface area (Å²) in [4.78, 5) is 13.4. The van der Waals surface area contributed by atoms with Gasteiger partial charge >= 0.3 is 6.03 Å². The fraction of sp³-hybridized carbons (Fsp3) is 0.500. The maximum atomic E-state index is 11.9. The maximum absolute atomic E-state index is 11.9. The zero-order valence-electron chi connectivity index (χ0n) is 12.3. The molecule has 0 aromatic heterocycles. The second-order valence-corrected chi connectivity index (χ2v) is 7.87. The lowest BCUT2D eigenvalue weighted by Gasteiger charge is -2.23. The highest BCUT2D eigenvalue weighted by atomic mass is 35.5. The predicted octanol–water partition coefficient (Wildman–Crippen LogP) is 1.55. The summed E-state index contributed by atoms with van der Waals surface area (Å²) in [6.45, 7) is 0.662. The van der Waals surface area contributed by atoms with Crippen LogP contribution in [-0.4, -0.2) is 57.1 Å². The number of carbonyl (C=O) groups is 1. The highest BCUT2D eigenvalue weighted by Crippen LogP contribution is 2.17. The second kappa shape index (κ2) is 7.19. The van der Waals surface area contributed by atoms with Crippen molar-refractivity contribution >= 4 is 27.5 Å². The number of rotatable bonds is 5. The molecule has 22 heavy (non-hydrogen) atoms. The van der Waals surface area contributed by atoms with Crippen molar-refractivity contribution in [3.63, 3.8) is 0 Å². The highest BCUT2D eigenvalue weighted by Gasteiger charge is 2.32. The molecule has 1 fully saturated rings. The number of amides is 2. The van der Waals surface area contributed by atoms with E-state index in [0.29, 0.717) is 30.3 Å². The summed E-state index contributed by atoms with van der Waals surface area (Å²) in [7, 11) is -1.38. The molecule has 1 unspecified atom stereocenters. The summed E-state index contributed by atoms with van der Waals surface area (Å²) >= 11 is 5.77. The number of nitrogens with zero attached hydrogens (tertiary/aromatic N) is 1. The van der Waals surface area contributed by atoms with Crippen molar-refractivity contribution in [1.29, 1.82) is 0 Å². The van der Waals surface area contributed by atoms with Crippen molar-refractivity contribution in [2.24, 2.45) is 0 Å². The van der Waals surface area contributed by atoms with E-state index in [1.807, 2.05) is 0 Å². The number of halogens is 1. The molecule has 1 aliphatic heterocycles.